The number of anilines is 1. The molecule has 2 aromatic carbocycles. The van der Waals surface area contributed by atoms with E-state index in [4.69, 9.17) is 4.74 Å². The van der Waals surface area contributed by atoms with Gasteiger partial charge in [-0.25, -0.2) is 0 Å². The molecule has 1 aliphatic rings. The predicted molar refractivity (Wildman–Crippen MR) is 81.3 cm³/mol. The highest BCUT2D eigenvalue weighted by atomic mass is 16.5. The molecule has 0 bridgehead atoms. The van der Waals surface area contributed by atoms with Gasteiger partial charge in [0.05, 0.1) is 19.2 Å². The molecule has 1 amide bonds. The minimum Gasteiger partial charge on any atom is -0.510 e. The lowest BCUT2D eigenvalue weighted by molar-refractivity contribution is -0.112. The van der Waals surface area contributed by atoms with Crippen LogP contribution in [-0.4, -0.2) is 24.7 Å². The van der Waals surface area contributed by atoms with Crippen molar-refractivity contribution in [3.63, 3.8) is 0 Å². The SMILES string of the molecule is COc1ccc(C2=C(O)CN(c3ccccc3)C2=O)cc1. The first kappa shape index (κ1) is 13.2. The molecule has 0 spiro atoms. The zero-order chi connectivity index (χ0) is 14.8. The quantitative estimate of drug-likeness (QED) is 0.940. The summed E-state index contributed by atoms with van der Waals surface area (Å²) in [6.07, 6.45) is 0. The van der Waals surface area contributed by atoms with Crippen LogP contribution in [-0.2, 0) is 4.79 Å². The van der Waals surface area contributed by atoms with Gasteiger partial charge in [-0.3, -0.25) is 4.79 Å². The fraction of sp³-hybridized carbons (Fsp3) is 0.118. The third-order valence-electron chi connectivity index (χ3n) is 3.50. The summed E-state index contributed by atoms with van der Waals surface area (Å²) in [6.45, 7) is 0.199. The van der Waals surface area contributed by atoms with E-state index < -0.39 is 0 Å². The summed E-state index contributed by atoms with van der Waals surface area (Å²) in [5.74, 6) is 0.613. The number of nitrogens with zero attached hydrogens (tertiary/aromatic N) is 1. The molecule has 0 aliphatic carbocycles. The highest BCUT2D eigenvalue weighted by Gasteiger charge is 2.32. The van der Waals surface area contributed by atoms with Gasteiger partial charge in [-0.15, -0.1) is 0 Å². The first-order chi connectivity index (χ1) is 10.2. The summed E-state index contributed by atoms with van der Waals surface area (Å²) in [6, 6.07) is 16.4. The summed E-state index contributed by atoms with van der Waals surface area (Å²) in [7, 11) is 1.59. The van der Waals surface area contributed by atoms with Crippen LogP contribution in [0.5, 0.6) is 5.75 Å². The van der Waals surface area contributed by atoms with Crippen LogP contribution in [0.1, 0.15) is 5.56 Å². The van der Waals surface area contributed by atoms with Crippen LogP contribution in [0.4, 0.5) is 5.69 Å². The predicted octanol–water partition coefficient (Wildman–Crippen LogP) is 3.01. The van der Waals surface area contributed by atoms with Crippen LogP contribution in [0.2, 0.25) is 0 Å². The molecule has 0 unspecified atom stereocenters. The van der Waals surface area contributed by atoms with Gasteiger partial charge in [0.1, 0.15) is 11.5 Å². The maximum atomic E-state index is 12.5. The second-order valence-electron chi connectivity index (χ2n) is 4.78. The van der Waals surface area contributed by atoms with Crippen molar-refractivity contribution in [2.45, 2.75) is 0 Å². The molecule has 2 aromatic rings. The molecule has 0 atom stereocenters. The summed E-state index contributed by atoms with van der Waals surface area (Å²) in [5, 5.41) is 10.2. The molecule has 1 N–H and O–H groups in total. The Labute approximate surface area is 122 Å². The van der Waals surface area contributed by atoms with Crippen LogP contribution in [0, 0.1) is 0 Å². The van der Waals surface area contributed by atoms with E-state index in [2.05, 4.69) is 0 Å². The van der Waals surface area contributed by atoms with Gasteiger partial charge in [-0.05, 0) is 29.8 Å². The Hall–Kier alpha value is -2.75. The van der Waals surface area contributed by atoms with Gasteiger partial charge in [0.15, 0.2) is 0 Å². The normalized spacial score (nSPS) is 14.7. The molecular formula is C17H15NO3. The van der Waals surface area contributed by atoms with Crippen molar-refractivity contribution in [2.24, 2.45) is 0 Å². The number of benzene rings is 2. The van der Waals surface area contributed by atoms with Gasteiger partial charge in [0, 0.05) is 5.69 Å². The molecule has 0 radical (unpaired) electrons. The minimum absolute atomic E-state index is 0.0917. The zero-order valence-corrected chi connectivity index (χ0v) is 11.6. The van der Waals surface area contributed by atoms with Crippen molar-refractivity contribution in [1.29, 1.82) is 0 Å². The number of carbonyl (C=O) groups excluding carboxylic acids is 1. The number of rotatable bonds is 3. The summed E-state index contributed by atoms with van der Waals surface area (Å²) >= 11 is 0. The Morgan fingerprint density at radius 2 is 1.71 bits per heavy atom. The monoisotopic (exact) mass is 281 g/mol. The lowest BCUT2D eigenvalue weighted by Crippen LogP contribution is -2.26. The summed E-state index contributed by atoms with van der Waals surface area (Å²) in [4.78, 5) is 14.1. The fourth-order valence-corrected chi connectivity index (χ4v) is 2.42. The standard InChI is InChI=1S/C17H15NO3/c1-21-14-9-7-12(8-10-14)16-15(19)11-18(17(16)20)13-5-3-2-4-6-13/h2-10,19H,11H2,1H3. The lowest BCUT2D eigenvalue weighted by Gasteiger charge is -2.16. The molecular weight excluding hydrogens is 266 g/mol. The van der Waals surface area contributed by atoms with Crippen molar-refractivity contribution < 1.29 is 14.6 Å². The van der Waals surface area contributed by atoms with E-state index in [9.17, 15) is 9.90 Å². The number of methoxy groups -OCH3 is 1. The molecule has 3 rings (SSSR count). The fourth-order valence-electron chi connectivity index (χ4n) is 2.42. The second-order valence-corrected chi connectivity index (χ2v) is 4.78. The average Bonchev–Trinajstić information content (AvgIpc) is 2.83. The van der Waals surface area contributed by atoms with E-state index in [1.165, 1.54) is 0 Å². The number of amides is 1. The van der Waals surface area contributed by atoms with Gasteiger partial charge >= 0.3 is 0 Å². The number of aliphatic hydroxyl groups is 1. The van der Waals surface area contributed by atoms with Crippen LogP contribution in [0.25, 0.3) is 5.57 Å². The Morgan fingerprint density at radius 1 is 1.05 bits per heavy atom. The van der Waals surface area contributed by atoms with Crippen molar-refractivity contribution in [3.8, 4) is 5.75 Å². The van der Waals surface area contributed by atoms with E-state index in [1.807, 2.05) is 30.3 Å². The van der Waals surface area contributed by atoms with Gasteiger partial charge in [-0.2, -0.15) is 0 Å². The number of hydrogen-bond acceptors (Lipinski definition) is 3. The third-order valence-corrected chi connectivity index (χ3v) is 3.50. The topological polar surface area (TPSA) is 49.8 Å². The molecule has 0 saturated heterocycles. The van der Waals surface area contributed by atoms with E-state index in [0.717, 1.165) is 5.69 Å². The van der Waals surface area contributed by atoms with Gasteiger partial charge < -0.3 is 14.7 Å². The van der Waals surface area contributed by atoms with E-state index in [1.54, 1.807) is 36.3 Å². The Kier molecular flexibility index (Phi) is 3.36. The molecule has 4 heteroatoms. The Morgan fingerprint density at radius 3 is 2.33 bits per heavy atom. The van der Waals surface area contributed by atoms with Crippen LogP contribution in [0.15, 0.2) is 60.4 Å². The molecule has 1 heterocycles. The van der Waals surface area contributed by atoms with Gasteiger partial charge in [0.25, 0.3) is 5.91 Å². The first-order valence-corrected chi connectivity index (χ1v) is 6.64. The Balaban J connectivity index is 1.92. The Bertz CT molecular complexity index is 690. The maximum Gasteiger partial charge on any atom is 0.262 e. The highest BCUT2D eigenvalue weighted by molar-refractivity contribution is 6.29. The first-order valence-electron chi connectivity index (χ1n) is 6.64. The van der Waals surface area contributed by atoms with Crippen LogP contribution >= 0.6 is 0 Å². The smallest absolute Gasteiger partial charge is 0.262 e. The average molecular weight is 281 g/mol. The second kappa shape index (κ2) is 5.32. The van der Waals surface area contributed by atoms with Gasteiger partial charge in [-0.1, -0.05) is 30.3 Å². The van der Waals surface area contributed by atoms with E-state index in [0.29, 0.717) is 16.9 Å². The van der Waals surface area contributed by atoms with Crippen molar-refractivity contribution in [3.05, 3.63) is 65.9 Å². The number of hydrogen-bond donors (Lipinski definition) is 1. The minimum atomic E-state index is -0.191. The molecule has 21 heavy (non-hydrogen) atoms. The number of ether oxygens (including phenoxy) is 1. The van der Waals surface area contributed by atoms with E-state index in [-0.39, 0.29) is 18.2 Å². The summed E-state index contributed by atoms with van der Waals surface area (Å²) in [5.41, 5.74) is 1.82. The number of aliphatic hydroxyl groups excluding tert-OH is 1. The van der Waals surface area contributed by atoms with Gasteiger partial charge in [0.2, 0.25) is 0 Å². The molecule has 0 fully saturated rings. The van der Waals surface area contributed by atoms with Crippen molar-refractivity contribution in [2.75, 3.05) is 18.6 Å². The van der Waals surface area contributed by atoms with Crippen molar-refractivity contribution >= 4 is 17.2 Å². The summed E-state index contributed by atoms with van der Waals surface area (Å²) < 4.78 is 5.10. The molecule has 4 nitrogen and oxygen atoms in total. The molecule has 0 saturated carbocycles. The van der Waals surface area contributed by atoms with Crippen LogP contribution < -0.4 is 9.64 Å². The zero-order valence-electron chi connectivity index (χ0n) is 11.6. The third kappa shape index (κ3) is 2.36. The largest absolute Gasteiger partial charge is 0.510 e. The highest BCUT2D eigenvalue weighted by Crippen LogP contribution is 2.31. The van der Waals surface area contributed by atoms with E-state index >= 15 is 0 Å². The van der Waals surface area contributed by atoms with Crippen LogP contribution in [0.3, 0.4) is 0 Å². The maximum absolute atomic E-state index is 12.5. The molecule has 1 aliphatic heterocycles. The lowest BCUT2D eigenvalue weighted by atomic mass is 10.1. The molecule has 0 aromatic heterocycles. The number of para-hydroxylation sites is 1. The molecule has 106 valence electrons. The number of carbonyl (C=O) groups is 1. The van der Waals surface area contributed by atoms with Crippen molar-refractivity contribution in [1.82, 2.24) is 0 Å².